The first kappa shape index (κ1) is 11.6. The number of benzene rings is 2. The fraction of sp³-hybridized carbons (Fsp3) is 0.0588. The first-order valence-electron chi connectivity index (χ1n) is 6.20. The molecule has 0 atom stereocenters. The number of hydrogen-bond donors (Lipinski definition) is 0. The molecule has 0 radical (unpaired) electrons. The van der Waals surface area contributed by atoms with Crippen molar-refractivity contribution in [3.8, 4) is 11.1 Å². The van der Waals surface area contributed by atoms with E-state index in [2.05, 4.69) is 11.1 Å². The maximum atomic E-state index is 11.8. The molecule has 3 rings (SSSR count). The van der Waals surface area contributed by atoms with Gasteiger partial charge >= 0.3 is 0 Å². The number of ketones is 1. The molecule has 1 heterocycles. The second kappa shape index (κ2) is 4.65. The number of fused-ring (bicyclic) bond motifs is 1. The number of nitrogens with zero attached hydrogens (tertiary/aromatic N) is 1. The molecule has 0 aliphatic carbocycles. The number of Topliss-reactive ketones (excluding diaryl/α,β-unsaturated/α-hetero) is 1. The number of carbonyl (C=O) groups is 1. The molecule has 0 aliphatic rings. The van der Waals surface area contributed by atoms with Crippen LogP contribution in [0, 0.1) is 0 Å². The quantitative estimate of drug-likeness (QED) is 0.638. The average Bonchev–Trinajstić information content (AvgIpc) is 2.46. The first-order valence-corrected chi connectivity index (χ1v) is 6.20. The minimum Gasteiger partial charge on any atom is -0.294 e. The minimum atomic E-state index is 0.0727. The molecule has 0 bridgehead atoms. The first-order chi connectivity index (χ1) is 9.27. The Morgan fingerprint density at radius 2 is 1.63 bits per heavy atom. The normalized spacial score (nSPS) is 10.6. The number of pyridine rings is 1. The minimum absolute atomic E-state index is 0.0727. The van der Waals surface area contributed by atoms with Crippen LogP contribution in [0.3, 0.4) is 0 Å². The van der Waals surface area contributed by atoms with E-state index in [9.17, 15) is 4.79 Å². The van der Waals surface area contributed by atoms with Crippen molar-refractivity contribution in [2.24, 2.45) is 0 Å². The topological polar surface area (TPSA) is 30.0 Å². The summed E-state index contributed by atoms with van der Waals surface area (Å²) in [6.45, 7) is 1.59. The highest BCUT2D eigenvalue weighted by Gasteiger charge is 2.11. The van der Waals surface area contributed by atoms with Gasteiger partial charge in [-0.3, -0.25) is 9.78 Å². The Balaban J connectivity index is 2.34. The summed E-state index contributed by atoms with van der Waals surface area (Å²) in [5, 5.41) is 2.20. The third-order valence-electron chi connectivity index (χ3n) is 3.26. The summed E-state index contributed by atoms with van der Waals surface area (Å²) in [4.78, 5) is 16.0. The number of hydrogen-bond acceptors (Lipinski definition) is 2. The Bertz CT molecular complexity index is 757. The summed E-state index contributed by atoms with van der Waals surface area (Å²) < 4.78 is 0. The molecule has 0 saturated carbocycles. The van der Waals surface area contributed by atoms with Crippen molar-refractivity contribution in [3.05, 3.63) is 66.5 Å². The van der Waals surface area contributed by atoms with Crippen LogP contribution in [0.15, 0.2) is 60.9 Å². The molecule has 0 saturated heterocycles. The van der Waals surface area contributed by atoms with Gasteiger partial charge < -0.3 is 0 Å². The van der Waals surface area contributed by atoms with E-state index in [-0.39, 0.29) is 5.78 Å². The van der Waals surface area contributed by atoms with E-state index in [0.29, 0.717) is 0 Å². The molecule has 0 amide bonds. The Labute approximate surface area is 111 Å². The van der Waals surface area contributed by atoms with E-state index in [0.717, 1.165) is 27.5 Å². The molecule has 92 valence electrons. The van der Waals surface area contributed by atoms with Crippen LogP contribution >= 0.6 is 0 Å². The molecule has 0 spiro atoms. The standard InChI is InChI=1S/C17H13NO/c1-12(19)14-7-4-5-9-16(14)17-11-18-10-13-6-2-3-8-15(13)17/h2-11H,1H3. The zero-order valence-corrected chi connectivity index (χ0v) is 10.6. The number of rotatable bonds is 2. The van der Waals surface area contributed by atoms with E-state index in [1.807, 2.05) is 54.9 Å². The van der Waals surface area contributed by atoms with Crippen LogP contribution in [0.2, 0.25) is 0 Å². The van der Waals surface area contributed by atoms with Crippen molar-refractivity contribution in [2.75, 3.05) is 0 Å². The Morgan fingerprint density at radius 3 is 2.47 bits per heavy atom. The third-order valence-corrected chi connectivity index (χ3v) is 3.26. The van der Waals surface area contributed by atoms with Gasteiger partial charge in [0.2, 0.25) is 0 Å². The van der Waals surface area contributed by atoms with Crippen LogP contribution in [0.5, 0.6) is 0 Å². The molecular formula is C17H13NO. The lowest BCUT2D eigenvalue weighted by molar-refractivity contribution is 0.101. The van der Waals surface area contributed by atoms with Crippen molar-refractivity contribution in [1.29, 1.82) is 0 Å². The Hall–Kier alpha value is -2.48. The van der Waals surface area contributed by atoms with Crippen molar-refractivity contribution in [2.45, 2.75) is 6.92 Å². The van der Waals surface area contributed by atoms with E-state index >= 15 is 0 Å². The molecule has 3 aromatic rings. The Morgan fingerprint density at radius 1 is 0.895 bits per heavy atom. The van der Waals surface area contributed by atoms with Crippen LogP contribution < -0.4 is 0 Å². The molecule has 0 fully saturated rings. The molecule has 19 heavy (non-hydrogen) atoms. The van der Waals surface area contributed by atoms with Crippen LogP contribution in [-0.4, -0.2) is 10.8 Å². The van der Waals surface area contributed by atoms with Gasteiger partial charge in [-0.15, -0.1) is 0 Å². The third kappa shape index (κ3) is 2.02. The monoisotopic (exact) mass is 247 g/mol. The van der Waals surface area contributed by atoms with Gasteiger partial charge in [-0.1, -0.05) is 48.5 Å². The van der Waals surface area contributed by atoms with E-state index < -0.39 is 0 Å². The summed E-state index contributed by atoms with van der Waals surface area (Å²) >= 11 is 0. The molecule has 0 N–H and O–H groups in total. The lowest BCUT2D eigenvalue weighted by Gasteiger charge is -2.09. The van der Waals surface area contributed by atoms with Crippen molar-refractivity contribution >= 4 is 16.6 Å². The van der Waals surface area contributed by atoms with Gasteiger partial charge in [0.25, 0.3) is 0 Å². The maximum absolute atomic E-state index is 11.8. The van der Waals surface area contributed by atoms with Gasteiger partial charge in [0.15, 0.2) is 5.78 Å². The lowest BCUT2D eigenvalue weighted by Crippen LogP contribution is -1.96. The average molecular weight is 247 g/mol. The summed E-state index contributed by atoms with van der Waals surface area (Å²) in [5.41, 5.74) is 2.68. The van der Waals surface area contributed by atoms with Gasteiger partial charge in [-0.2, -0.15) is 0 Å². The molecule has 1 aromatic heterocycles. The van der Waals surface area contributed by atoms with Gasteiger partial charge in [0.05, 0.1) is 0 Å². The predicted molar refractivity (Wildman–Crippen MR) is 77.2 cm³/mol. The lowest BCUT2D eigenvalue weighted by atomic mass is 9.95. The summed E-state index contributed by atoms with van der Waals surface area (Å²) in [5.74, 6) is 0.0727. The van der Waals surface area contributed by atoms with Gasteiger partial charge in [-0.25, -0.2) is 0 Å². The molecule has 0 unspecified atom stereocenters. The maximum Gasteiger partial charge on any atom is 0.160 e. The highest BCUT2D eigenvalue weighted by Crippen LogP contribution is 2.30. The number of aromatic nitrogens is 1. The molecule has 2 nitrogen and oxygen atoms in total. The summed E-state index contributed by atoms with van der Waals surface area (Å²) in [7, 11) is 0. The van der Waals surface area contributed by atoms with Crippen molar-refractivity contribution in [3.63, 3.8) is 0 Å². The predicted octanol–water partition coefficient (Wildman–Crippen LogP) is 4.10. The molecule has 0 aliphatic heterocycles. The molecule has 2 heteroatoms. The van der Waals surface area contributed by atoms with Crippen LogP contribution in [0.25, 0.3) is 21.9 Å². The van der Waals surface area contributed by atoms with Gasteiger partial charge in [0.1, 0.15) is 0 Å². The van der Waals surface area contributed by atoms with Crippen molar-refractivity contribution < 1.29 is 4.79 Å². The van der Waals surface area contributed by atoms with Crippen LogP contribution in [0.4, 0.5) is 0 Å². The van der Waals surface area contributed by atoms with E-state index in [4.69, 9.17) is 0 Å². The highest BCUT2D eigenvalue weighted by atomic mass is 16.1. The molecule has 2 aromatic carbocycles. The number of carbonyl (C=O) groups excluding carboxylic acids is 1. The fourth-order valence-electron chi connectivity index (χ4n) is 2.36. The summed E-state index contributed by atoms with van der Waals surface area (Å²) in [6.07, 6.45) is 3.67. The van der Waals surface area contributed by atoms with Gasteiger partial charge in [0, 0.05) is 28.9 Å². The van der Waals surface area contributed by atoms with E-state index in [1.54, 1.807) is 6.92 Å². The largest absolute Gasteiger partial charge is 0.294 e. The second-order valence-corrected chi connectivity index (χ2v) is 4.51. The fourth-order valence-corrected chi connectivity index (χ4v) is 2.36. The smallest absolute Gasteiger partial charge is 0.160 e. The van der Waals surface area contributed by atoms with Crippen LogP contribution in [0.1, 0.15) is 17.3 Å². The van der Waals surface area contributed by atoms with Crippen LogP contribution in [-0.2, 0) is 0 Å². The molecular weight excluding hydrogens is 234 g/mol. The van der Waals surface area contributed by atoms with E-state index in [1.165, 1.54) is 0 Å². The summed E-state index contributed by atoms with van der Waals surface area (Å²) in [6, 6.07) is 15.8. The second-order valence-electron chi connectivity index (χ2n) is 4.51. The van der Waals surface area contributed by atoms with Gasteiger partial charge in [-0.05, 0) is 17.9 Å². The highest BCUT2D eigenvalue weighted by molar-refractivity contribution is 6.05. The van der Waals surface area contributed by atoms with Crippen molar-refractivity contribution in [1.82, 2.24) is 4.98 Å². The SMILES string of the molecule is CC(=O)c1ccccc1-c1cncc2ccccc12. The zero-order valence-electron chi connectivity index (χ0n) is 10.6. The Kier molecular flexibility index (Phi) is 2.84. The zero-order chi connectivity index (χ0) is 13.2.